The number of rotatable bonds is 7. The van der Waals surface area contributed by atoms with E-state index in [-0.39, 0.29) is 0 Å². The number of thiophene rings is 2. The van der Waals surface area contributed by atoms with Crippen LogP contribution in [0.25, 0.3) is 95.6 Å². The first-order chi connectivity index (χ1) is 30.2. The maximum Gasteiger partial charge on any atom is 0.0540 e. The minimum Gasteiger partial charge on any atom is -0.310 e. The summed E-state index contributed by atoms with van der Waals surface area (Å²) in [7, 11) is 0. The van der Waals surface area contributed by atoms with E-state index in [2.05, 4.69) is 229 Å². The highest BCUT2D eigenvalue weighted by molar-refractivity contribution is 7.26. The van der Waals surface area contributed by atoms with Crippen molar-refractivity contribution in [2.24, 2.45) is 0 Å². The molecule has 0 unspecified atom stereocenters. The molecule has 0 fully saturated rings. The lowest BCUT2D eigenvalue weighted by Crippen LogP contribution is -2.11. The lowest BCUT2D eigenvalue weighted by atomic mass is 9.94. The first-order valence-electron chi connectivity index (χ1n) is 20.7. The largest absolute Gasteiger partial charge is 0.310 e. The second kappa shape index (κ2) is 14.8. The third kappa shape index (κ3) is 6.13. The Balaban J connectivity index is 0.999. The van der Waals surface area contributed by atoms with E-state index in [9.17, 15) is 0 Å². The van der Waals surface area contributed by atoms with Gasteiger partial charge in [-0.15, -0.1) is 22.7 Å². The van der Waals surface area contributed by atoms with Crippen LogP contribution in [0.3, 0.4) is 0 Å². The Bertz CT molecular complexity index is 3590. The van der Waals surface area contributed by atoms with Crippen molar-refractivity contribution in [2.75, 3.05) is 4.90 Å². The Morgan fingerprint density at radius 2 is 0.803 bits per heavy atom. The summed E-state index contributed by atoms with van der Waals surface area (Å²) in [5, 5.41) is 7.78. The molecule has 0 aliphatic rings. The second-order valence-electron chi connectivity index (χ2n) is 15.6. The normalized spacial score (nSPS) is 11.6. The molecule has 12 rings (SSSR count). The minimum atomic E-state index is 1.10. The molecule has 0 aliphatic carbocycles. The summed E-state index contributed by atoms with van der Waals surface area (Å²) in [4.78, 5) is 2.42. The van der Waals surface area contributed by atoms with Crippen LogP contribution in [0, 0.1) is 0 Å². The molecule has 3 heteroatoms. The molecule has 0 saturated carbocycles. The Kier molecular flexibility index (Phi) is 8.62. The quantitative estimate of drug-likeness (QED) is 0.155. The van der Waals surface area contributed by atoms with Gasteiger partial charge in [0.05, 0.1) is 5.69 Å². The summed E-state index contributed by atoms with van der Waals surface area (Å²) in [6.45, 7) is 0. The highest BCUT2D eigenvalue weighted by Gasteiger charge is 2.20. The zero-order valence-corrected chi connectivity index (χ0v) is 34.8. The van der Waals surface area contributed by atoms with Crippen molar-refractivity contribution in [2.45, 2.75) is 0 Å². The maximum absolute atomic E-state index is 2.42. The minimum absolute atomic E-state index is 1.10. The molecule has 286 valence electrons. The summed E-state index contributed by atoms with van der Waals surface area (Å²) < 4.78 is 5.28. The molecule has 2 aromatic heterocycles. The fraction of sp³-hybridized carbons (Fsp3) is 0. The predicted octanol–water partition coefficient (Wildman–Crippen LogP) is 17.7. The van der Waals surface area contributed by atoms with E-state index in [1.807, 2.05) is 22.7 Å². The van der Waals surface area contributed by atoms with Crippen molar-refractivity contribution in [1.29, 1.82) is 0 Å². The van der Waals surface area contributed by atoms with E-state index < -0.39 is 0 Å². The van der Waals surface area contributed by atoms with Crippen LogP contribution in [0.1, 0.15) is 0 Å². The van der Waals surface area contributed by atoms with Gasteiger partial charge < -0.3 is 4.90 Å². The molecule has 0 radical (unpaired) electrons. The van der Waals surface area contributed by atoms with Crippen molar-refractivity contribution < 1.29 is 0 Å². The van der Waals surface area contributed by atoms with Crippen LogP contribution in [-0.4, -0.2) is 0 Å². The van der Waals surface area contributed by atoms with Crippen molar-refractivity contribution in [3.63, 3.8) is 0 Å². The lowest BCUT2D eigenvalue weighted by molar-refractivity contribution is 1.28. The Hall–Kier alpha value is -7.30. The van der Waals surface area contributed by atoms with Gasteiger partial charge in [-0.3, -0.25) is 0 Å². The van der Waals surface area contributed by atoms with Crippen molar-refractivity contribution in [3.8, 4) is 44.5 Å². The molecule has 0 atom stereocenters. The van der Waals surface area contributed by atoms with Crippen molar-refractivity contribution >= 4 is 90.9 Å². The zero-order chi connectivity index (χ0) is 40.3. The van der Waals surface area contributed by atoms with E-state index in [1.54, 1.807) is 0 Å². The van der Waals surface area contributed by atoms with Gasteiger partial charge in [0, 0.05) is 57.3 Å². The topological polar surface area (TPSA) is 3.24 Å². The summed E-state index contributed by atoms with van der Waals surface area (Å²) in [5.74, 6) is 0. The van der Waals surface area contributed by atoms with Crippen LogP contribution in [-0.2, 0) is 0 Å². The van der Waals surface area contributed by atoms with Gasteiger partial charge in [-0.25, -0.2) is 0 Å². The number of hydrogen-bond donors (Lipinski definition) is 0. The van der Waals surface area contributed by atoms with Gasteiger partial charge in [-0.2, -0.15) is 0 Å². The molecule has 0 saturated heterocycles. The van der Waals surface area contributed by atoms with E-state index in [0.717, 1.165) is 17.1 Å². The number of anilines is 3. The highest BCUT2D eigenvalue weighted by atomic mass is 32.1. The molecule has 12 aromatic rings. The number of para-hydroxylation sites is 1. The Morgan fingerprint density at radius 3 is 1.61 bits per heavy atom. The average Bonchev–Trinajstić information content (AvgIpc) is 3.91. The monoisotopic (exact) mass is 811 g/mol. The Morgan fingerprint density at radius 1 is 0.295 bits per heavy atom. The molecule has 1 nitrogen and oxygen atoms in total. The molecule has 0 spiro atoms. The molecular weight excluding hydrogens is 775 g/mol. The van der Waals surface area contributed by atoms with Gasteiger partial charge in [0.15, 0.2) is 0 Å². The number of nitrogens with zero attached hydrogens (tertiary/aromatic N) is 1. The third-order valence-electron chi connectivity index (χ3n) is 12.1. The van der Waals surface area contributed by atoms with E-state index >= 15 is 0 Å². The van der Waals surface area contributed by atoms with Gasteiger partial charge in [-0.05, 0) is 104 Å². The molecule has 0 N–H and O–H groups in total. The molecule has 2 heterocycles. The predicted molar refractivity (Wildman–Crippen MR) is 266 cm³/mol. The smallest absolute Gasteiger partial charge is 0.0540 e. The average molecular weight is 812 g/mol. The fourth-order valence-electron chi connectivity index (χ4n) is 9.24. The van der Waals surface area contributed by atoms with Crippen LogP contribution >= 0.6 is 22.7 Å². The Labute approximate surface area is 362 Å². The molecular formula is C58H37NS2. The number of fused-ring (bicyclic) bond motifs is 7. The van der Waals surface area contributed by atoms with E-state index in [1.165, 1.54) is 95.6 Å². The standard InChI is InChI=1S/C58H37NS2/c1-2-17-45-38(13-1)14-10-21-46(45)41-15-9-16-42(37-41)47-18-3-6-25-53(47)59(43-33-29-39(30-34-43)48-22-12-28-56-57(48)52-20-5-8-27-55(52)60-56)44-35-31-40(32-36-44)49-23-11-24-51-50-19-4-7-26-54(50)61-58(49)51/h1-37H. The van der Waals surface area contributed by atoms with Crippen LogP contribution in [0.2, 0.25) is 0 Å². The van der Waals surface area contributed by atoms with Crippen LogP contribution in [0.4, 0.5) is 17.1 Å². The van der Waals surface area contributed by atoms with Crippen LogP contribution in [0.15, 0.2) is 224 Å². The molecule has 10 aromatic carbocycles. The summed E-state index contributed by atoms with van der Waals surface area (Å²) >= 11 is 3.74. The van der Waals surface area contributed by atoms with Crippen molar-refractivity contribution in [1.82, 2.24) is 0 Å². The van der Waals surface area contributed by atoms with Gasteiger partial charge in [0.1, 0.15) is 0 Å². The van der Waals surface area contributed by atoms with Gasteiger partial charge in [0.25, 0.3) is 0 Å². The highest BCUT2D eigenvalue weighted by Crippen LogP contribution is 2.46. The molecule has 0 aliphatic heterocycles. The first-order valence-corrected chi connectivity index (χ1v) is 22.4. The van der Waals surface area contributed by atoms with Gasteiger partial charge >= 0.3 is 0 Å². The summed E-state index contributed by atoms with van der Waals surface area (Å²) in [5.41, 5.74) is 13.1. The maximum atomic E-state index is 2.42. The van der Waals surface area contributed by atoms with E-state index in [0.29, 0.717) is 0 Å². The molecule has 61 heavy (non-hydrogen) atoms. The number of benzene rings is 10. The second-order valence-corrected chi connectivity index (χ2v) is 17.7. The zero-order valence-electron chi connectivity index (χ0n) is 33.1. The summed E-state index contributed by atoms with van der Waals surface area (Å²) in [6, 6.07) is 82.4. The molecule has 0 amide bonds. The van der Waals surface area contributed by atoms with E-state index in [4.69, 9.17) is 0 Å². The van der Waals surface area contributed by atoms with Crippen molar-refractivity contribution in [3.05, 3.63) is 224 Å². The fourth-order valence-corrected chi connectivity index (χ4v) is 11.6. The number of hydrogen-bond acceptors (Lipinski definition) is 3. The van der Waals surface area contributed by atoms with Crippen LogP contribution < -0.4 is 4.90 Å². The SMILES string of the molecule is c1cc(-c2ccccc2N(c2ccc(-c3cccc4c3sc3ccccc34)cc2)c2ccc(-c3cccc4sc5ccccc5c34)cc2)cc(-c2cccc3ccccc23)c1. The molecule has 0 bridgehead atoms. The van der Waals surface area contributed by atoms with Gasteiger partial charge in [-0.1, -0.05) is 170 Å². The first kappa shape index (κ1) is 35.6. The van der Waals surface area contributed by atoms with Gasteiger partial charge in [0.2, 0.25) is 0 Å². The summed E-state index contributed by atoms with van der Waals surface area (Å²) in [6.07, 6.45) is 0. The third-order valence-corrected chi connectivity index (χ3v) is 14.5. The van der Waals surface area contributed by atoms with Crippen LogP contribution in [0.5, 0.6) is 0 Å². The lowest BCUT2D eigenvalue weighted by Gasteiger charge is -2.28.